The Labute approximate surface area is 102 Å². The molecule has 0 saturated heterocycles. The van der Waals surface area contributed by atoms with Crippen LogP contribution in [0, 0.1) is 0 Å². The molecular formula is C9H11N3O3S2. The van der Waals surface area contributed by atoms with Gasteiger partial charge in [-0.2, -0.15) is 0 Å². The van der Waals surface area contributed by atoms with E-state index in [2.05, 4.69) is 14.7 Å². The summed E-state index contributed by atoms with van der Waals surface area (Å²) in [6.45, 7) is -0.0497. The molecule has 8 heteroatoms. The van der Waals surface area contributed by atoms with Crippen molar-refractivity contribution in [3.63, 3.8) is 0 Å². The zero-order valence-electron chi connectivity index (χ0n) is 8.75. The number of nitrogens with one attached hydrogen (secondary N) is 2. The fourth-order valence-electron chi connectivity index (χ4n) is 1.21. The smallest absolute Gasteiger partial charge is 0.250 e. The van der Waals surface area contributed by atoms with Crippen LogP contribution in [-0.2, 0) is 23.2 Å². The summed E-state index contributed by atoms with van der Waals surface area (Å²) in [5.41, 5.74) is 0.591. The molecule has 0 saturated carbocycles. The first kappa shape index (κ1) is 12.2. The van der Waals surface area contributed by atoms with Gasteiger partial charge in [-0.25, -0.2) is 18.1 Å². The summed E-state index contributed by atoms with van der Waals surface area (Å²) in [5.74, 6) is 0.549. The van der Waals surface area contributed by atoms with E-state index in [9.17, 15) is 8.42 Å². The second-order valence-corrected chi connectivity index (χ2v) is 6.20. The molecule has 2 heterocycles. The van der Waals surface area contributed by atoms with Crippen molar-refractivity contribution >= 4 is 21.4 Å². The van der Waals surface area contributed by atoms with Crippen LogP contribution in [0.4, 0.5) is 0 Å². The first-order valence-corrected chi connectivity index (χ1v) is 7.14. The average Bonchev–Trinajstić information content (AvgIpc) is 2.98. The molecular weight excluding hydrogens is 262 g/mol. The van der Waals surface area contributed by atoms with Crippen LogP contribution in [0.5, 0.6) is 0 Å². The molecule has 92 valence electrons. The number of aliphatic hydroxyl groups excluding tert-OH is 1. The number of aliphatic hydroxyl groups is 1. The number of rotatable bonds is 5. The van der Waals surface area contributed by atoms with Gasteiger partial charge in [-0.1, -0.05) is 0 Å². The lowest BCUT2D eigenvalue weighted by atomic mass is 10.4. The topological polar surface area (TPSA) is 95.1 Å². The minimum Gasteiger partial charge on any atom is -0.392 e. The minimum atomic E-state index is -3.53. The number of imidazole rings is 1. The minimum absolute atomic E-state index is 0.113. The third-order valence-corrected chi connectivity index (χ3v) is 4.95. The van der Waals surface area contributed by atoms with E-state index in [-0.39, 0.29) is 17.4 Å². The van der Waals surface area contributed by atoms with E-state index in [0.717, 1.165) is 11.3 Å². The van der Waals surface area contributed by atoms with Crippen LogP contribution in [0.15, 0.2) is 28.0 Å². The number of nitrogens with zero attached hydrogens (tertiary/aromatic N) is 1. The quantitative estimate of drug-likeness (QED) is 0.736. The number of aromatic nitrogens is 2. The lowest BCUT2D eigenvalue weighted by Crippen LogP contribution is -2.22. The molecule has 0 aliphatic rings. The van der Waals surface area contributed by atoms with Gasteiger partial charge in [0.2, 0.25) is 10.0 Å². The van der Waals surface area contributed by atoms with Gasteiger partial charge in [-0.15, -0.1) is 11.3 Å². The van der Waals surface area contributed by atoms with E-state index in [1.54, 1.807) is 17.8 Å². The van der Waals surface area contributed by atoms with Crippen molar-refractivity contribution in [1.82, 2.24) is 14.7 Å². The van der Waals surface area contributed by atoms with Gasteiger partial charge >= 0.3 is 0 Å². The number of aromatic amines is 1. The van der Waals surface area contributed by atoms with Crippen LogP contribution in [0.25, 0.3) is 0 Å². The van der Waals surface area contributed by atoms with E-state index in [4.69, 9.17) is 5.11 Å². The molecule has 0 amide bonds. The van der Waals surface area contributed by atoms with Crippen LogP contribution in [-0.4, -0.2) is 23.5 Å². The average molecular weight is 273 g/mol. The largest absolute Gasteiger partial charge is 0.392 e. The lowest BCUT2D eigenvalue weighted by molar-refractivity contribution is 0.282. The zero-order chi connectivity index (χ0) is 12.3. The van der Waals surface area contributed by atoms with Gasteiger partial charge in [0, 0.05) is 12.4 Å². The van der Waals surface area contributed by atoms with E-state index in [0.29, 0.717) is 11.4 Å². The summed E-state index contributed by atoms with van der Waals surface area (Å²) in [4.78, 5) is 6.72. The van der Waals surface area contributed by atoms with E-state index < -0.39 is 10.0 Å². The van der Waals surface area contributed by atoms with Crippen LogP contribution in [0.3, 0.4) is 0 Å². The van der Waals surface area contributed by atoms with Crippen molar-refractivity contribution in [1.29, 1.82) is 0 Å². The Morgan fingerprint density at radius 1 is 1.53 bits per heavy atom. The molecule has 0 atom stereocenters. The maximum Gasteiger partial charge on any atom is 0.250 e. The van der Waals surface area contributed by atoms with Crippen molar-refractivity contribution in [2.75, 3.05) is 0 Å². The highest BCUT2D eigenvalue weighted by Gasteiger charge is 2.16. The molecule has 0 aliphatic carbocycles. The molecule has 0 unspecified atom stereocenters. The van der Waals surface area contributed by atoms with Gasteiger partial charge in [0.15, 0.2) is 0 Å². The first-order valence-electron chi connectivity index (χ1n) is 4.78. The maximum atomic E-state index is 11.8. The first-order chi connectivity index (χ1) is 8.12. The summed E-state index contributed by atoms with van der Waals surface area (Å²) >= 11 is 1.08. The summed E-state index contributed by atoms with van der Waals surface area (Å²) in [5, 5.41) is 10.5. The third kappa shape index (κ3) is 2.91. The molecule has 0 aliphatic heterocycles. The van der Waals surface area contributed by atoms with Crippen molar-refractivity contribution < 1.29 is 13.5 Å². The Kier molecular flexibility index (Phi) is 3.57. The molecule has 3 N–H and O–H groups in total. The van der Waals surface area contributed by atoms with E-state index in [1.165, 1.54) is 6.07 Å². The highest BCUT2D eigenvalue weighted by molar-refractivity contribution is 7.91. The van der Waals surface area contributed by atoms with Crippen LogP contribution >= 0.6 is 11.3 Å². The molecule has 0 aromatic carbocycles. The number of sulfonamides is 1. The highest BCUT2D eigenvalue weighted by atomic mass is 32.2. The number of hydrogen-bond donors (Lipinski definition) is 3. The van der Waals surface area contributed by atoms with Crippen LogP contribution in [0.1, 0.15) is 11.4 Å². The zero-order valence-corrected chi connectivity index (χ0v) is 10.4. The van der Waals surface area contributed by atoms with Gasteiger partial charge in [0.05, 0.1) is 13.2 Å². The van der Waals surface area contributed by atoms with Gasteiger partial charge in [0.1, 0.15) is 10.0 Å². The molecule has 0 spiro atoms. The van der Waals surface area contributed by atoms with Crippen molar-refractivity contribution in [3.8, 4) is 0 Å². The lowest BCUT2D eigenvalue weighted by Gasteiger charge is -2.02. The molecule has 17 heavy (non-hydrogen) atoms. The standard InChI is InChI=1S/C9H11N3O3S2/c13-5-7-3-9(16-6-7)17(14,15)12-4-8-10-1-2-11-8/h1-3,6,12-13H,4-5H2,(H,10,11). The molecule has 2 rings (SSSR count). The summed E-state index contributed by atoms with van der Waals surface area (Å²) < 4.78 is 26.3. The SMILES string of the molecule is O=S(=O)(NCc1ncc[nH]1)c1cc(CO)cs1. The fraction of sp³-hybridized carbons (Fsp3) is 0.222. The van der Waals surface area contributed by atoms with Crippen LogP contribution in [0.2, 0.25) is 0 Å². The Hall–Kier alpha value is -1.22. The Bertz CT molecular complexity index is 574. The normalized spacial score (nSPS) is 11.8. The highest BCUT2D eigenvalue weighted by Crippen LogP contribution is 2.20. The molecule has 0 fully saturated rings. The predicted octanol–water partition coefficient (Wildman–Crippen LogP) is 0.442. The molecule has 0 radical (unpaired) electrons. The molecule has 2 aromatic rings. The molecule has 6 nitrogen and oxygen atoms in total. The summed E-state index contributed by atoms with van der Waals surface area (Å²) in [7, 11) is -3.53. The Morgan fingerprint density at radius 3 is 2.94 bits per heavy atom. The maximum absolute atomic E-state index is 11.8. The summed E-state index contributed by atoms with van der Waals surface area (Å²) in [6, 6.07) is 1.45. The Morgan fingerprint density at radius 2 is 2.35 bits per heavy atom. The summed E-state index contributed by atoms with van der Waals surface area (Å²) in [6.07, 6.45) is 3.18. The van der Waals surface area contributed by atoms with Gasteiger partial charge < -0.3 is 10.1 Å². The van der Waals surface area contributed by atoms with E-state index >= 15 is 0 Å². The van der Waals surface area contributed by atoms with Crippen molar-refractivity contribution in [2.45, 2.75) is 17.4 Å². The second-order valence-electron chi connectivity index (χ2n) is 3.29. The second kappa shape index (κ2) is 4.96. The van der Waals surface area contributed by atoms with Gasteiger partial charge in [-0.05, 0) is 17.0 Å². The molecule has 2 aromatic heterocycles. The fourth-order valence-corrected chi connectivity index (χ4v) is 3.44. The van der Waals surface area contributed by atoms with E-state index in [1.807, 2.05) is 0 Å². The number of hydrogen-bond acceptors (Lipinski definition) is 5. The van der Waals surface area contributed by atoms with Crippen molar-refractivity contribution in [2.24, 2.45) is 0 Å². The third-order valence-electron chi connectivity index (χ3n) is 2.06. The number of thiophene rings is 1. The van der Waals surface area contributed by atoms with Gasteiger partial charge in [0.25, 0.3) is 0 Å². The molecule has 0 bridgehead atoms. The monoisotopic (exact) mass is 273 g/mol. The van der Waals surface area contributed by atoms with Gasteiger partial charge in [-0.3, -0.25) is 0 Å². The number of H-pyrrole nitrogens is 1. The van der Waals surface area contributed by atoms with Crippen LogP contribution < -0.4 is 4.72 Å². The van der Waals surface area contributed by atoms with Crippen molar-refractivity contribution in [3.05, 3.63) is 35.2 Å². The predicted molar refractivity (Wildman–Crippen MR) is 62.9 cm³/mol. The Balaban J connectivity index is 2.08.